The Morgan fingerprint density at radius 1 is 1.41 bits per heavy atom. The minimum absolute atomic E-state index is 0.0970. The van der Waals surface area contributed by atoms with Gasteiger partial charge in [-0.05, 0) is 30.9 Å². The average molecular weight is 369 g/mol. The second kappa shape index (κ2) is 7.52. The highest BCUT2D eigenvalue weighted by Crippen LogP contribution is 2.27. The molecule has 2 aliphatic heterocycles. The fourth-order valence-corrected chi connectivity index (χ4v) is 3.66. The predicted octanol–water partition coefficient (Wildman–Crippen LogP) is 2.30. The highest BCUT2D eigenvalue weighted by Gasteiger charge is 2.33. The summed E-state index contributed by atoms with van der Waals surface area (Å²) in [6.45, 7) is 4.09. The number of rotatable bonds is 6. The first-order valence-electron chi connectivity index (χ1n) is 9.41. The average Bonchev–Trinajstić information content (AvgIpc) is 3.41. The van der Waals surface area contributed by atoms with E-state index in [1.807, 2.05) is 25.1 Å². The molecule has 0 bridgehead atoms. The Labute approximate surface area is 157 Å². The van der Waals surface area contributed by atoms with Gasteiger partial charge in [-0.1, -0.05) is 24.2 Å². The zero-order valence-corrected chi connectivity index (χ0v) is 15.4. The molecule has 1 atom stereocenters. The van der Waals surface area contributed by atoms with Crippen LogP contribution in [0, 0.1) is 0 Å². The third-order valence-electron chi connectivity index (χ3n) is 5.10. The second-order valence-corrected chi connectivity index (χ2v) is 6.98. The maximum atomic E-state index is 12.9. The van der Waals surface area contributed by atoms with Crippen LogP contribution in [0.4, 0.5) is 0 Å². The molecule has 4 rings (SSSR count). The number of hydrogen-bond donors (Lipinski definition) is 1. The van der Waals surface area contributed by atoms with Crippen LogP contribution < -0.4 is 5.32 Å². The lowest BCUT2D eigenvalue weighted by molar-refractivity contribution is 0.0544. The smallest absolute Gasteiger partial charge is 0.255 e. The number of ether oxygens (including phenoxy) is 1. The molecule has 2 aromatic rings. The van der Waals surface area contributed by atoms with Gasteiger partial charge in [0.2, 0.25) is 0 Å². The van der Waals surface area contributed by atoms with Gasteiger partial charge in [0.1, 0.15) is 0 Å². The quantitative estimate of drug-likeness (QED) is 0.845. The molecule has 1 aromatic carbocycles. The van der Waals surface area contributed by atoms with E-state index in [-0.39, 0.29) is 24.5 Å². The highest BCUT2D eigenvalue weighted by molar-refractivity contribution is 6.09. The Bertz CT molecular complexity index is 855. The van der Waals surface area contributed by atoms with Gasteiger partial charge in [-0.15, -0.1) is 0 Å². The van der Waals surface area contributed by atoms with Gasteiger partial charge in [-0.3, -0.25) is 9.59 Å². The summed E-state index contributed by atoms with van der Waals surface area (Å²) in [5.74, 6) is 0.215. The zero-order chi connectivity index (χ0) is 18.8. The molecule has 142 valence electrons. The molecule has 0 radical (unpaired) electrons. The van der Waals surface area contributed by atoms with Crippen molar-refractivity contribution < 1.29 is 18.8 Å². The summed E-state index contributed by atoms with van der Waals surface area (Å²) in [6.07, 6.45) is 2.89. The van der Waals surface area contributed by atoms with Crippen LogP contribution >= 0.6 is 0 Å². The van der Waals surface area contributed by atoms with Crippen molar-refractivity contribution in [3.63, 3.8) is 0 Å². The van der Waals surface area contributed by atoms with Crippen LogP contribution in [0.3, 0.4) is 0 Å². The highest BCUT2D eigenvalue weighted by atomic mass is 16.5. The van der Waals surface area contributed by atoms with Crippen LogP contribution in [-0.4, -0.2) is 41.1 Å². The van der Waals surface area contributed by atoms with Gasteiger partial charge in [0.15, 0.2) is 5.76 Å². The van der Waals surface area contributed by atoms with E-state index in [1.165, 1.54) is 0 Å². The van der Waals surface area contributed by atoms with Gasteiger partial charge in [0.05, 0.1) is 29.5 Å². The molecule has 7 nitrogen and oxygen atoms in total. The number of nitrogens with zero attached hydrogens (tertiary/aromatic N) is 2. The SMILES string of the molecule is CCc1cc(CNC(=O)c2cccc3c2C(=O)N(CC2CCCO2)C3)on1. The van der Waals surface area contributed by atoms with E-state index in [4.69, 9.17) is 9.26 Å². The normalized spacial score (nSPS) is 18.8. The van der Waals surface area contributed by atoms with Crippen molar-refractivity contribution in [1.29, 1.82) is 0 Å². The topological polar surface area (TPSA) is 84.7 Å². The van der Waals surface area contributed by atoms with E-state index in [0.29, 0.717) is 30.0 Å². The first-order chi connectivity index (χ1) is 13.2. The van der Waals surface area contributed by atoms with Crippen LogP contribution in [0.5, 0.6) is 0 Å². The molecular weight excluding hydrogens is 346 g/mol. The molecule has 1 unspecified atom stereocenters. The van der Waals surface area contributed by atoms with E-state index in [2.05, 4.69) is 10.5 Å². The molecule has 27 heavy (non-hydrogen) atoms. The van der Waals surface area contributed by atoms with Crippen molar-refractivity contribution in [2.75, 3.05) is 13.2 Å². The molecule has 1 saturated heterocycles. The zero-order valence-electron chi connectivity index (χ0n) is 15.4. The Morgan fingerprint density at radius 3 is 3.04 bits per heavy atom. The summed E-state index contributed by atoms with van der Waals surface area (Å²) in [6, 6.07) is 7.24. The number of aromatic nitrogens is 1. The maximum absolute atomic E-state index is 12.9. The van der Waals surface area contributed by atoms with Gasteiger partial charge in [-0.25, -0.2) is 0 Å². The Kier molecular flexibility index (Phi) is 4.94. The van der Waals surface area contributed by atoms with Crippen LogP contribution in [0.2, 0.25) is 0 Å². The van der Waals surface area contributed by atoms with Crippen molar-refractivity contribution in [3.8, 4) is 0 Å². The number of carbonyl (C=O) groups excluding carboxylic acids is 2. The summed E-state index contributed by atoms with van der Waals surface area (Å²) >= 11 is 0. The van der Waals surface area contributed by atoms with E-state index in [1.54, 1.807) is 11.0 Å². The lowest BCUT2D eigenvalue weighted by Gasteiger charge is -2.19. The lowest BCUT2D eigenvalue weighted by atomic mass is 10.0. The molecule has 1 N–H and O–H groups in total. The largest absolute Gasteiger partial charge is 0.376 e. The summed E-state index contributed by atoms with van der Waals surface area (Å²) < 4.78 is 10.8. The number of amides is 2. The fraction of sp³-hybridized carbons (Fsp3) is 0.450. The maximum Gasteiger partial charge on any atom is 0.255 e. The molecule has 0 saturated carbocycles. The first-order valence-corrected chi connectivity index (χ1v) is 9.41. The van der Waals surface area contributed by atoms with Crippen molar-refractivity contribution in [2.24, 2.45) is 0 Å². The summed E-state index contributed by atoms with van der Waals surface area (Å²) in [5.41, 5.74) is 2.64. The number of nitrogens with one attached hydrogen (secondary N) is 1. The molecule has 3 heterocycles. The van der Waals surface area contributed by atoms with Gasteiger partial charge < -0.3 is 19.5 Å². The van der Waals surface area contributed by atoms with Gasteiger partial charge >= 0.3 is 0 Å². The summed E-state index contributed by atoms with van der Waals surface area (Å²) in [7, 11) is 0. The summed E-state index contributed by atoms with van der Waals surface area (Å²) in [5, 5.41) is 6.74. The molecule has 1 aromatic heterocycles. The number of fused-ring (bicyclic) bond motifs is 1. The molecule has 1 fully saturated rings. The molecular formula is C20H23N3O4. The second-order valence-electron chi connectivity index (χ2n) is 6.98. The number of hydrogen-bond acceptors (Lipinski definition) is 5. The Morgan fingerprint density at radius 2 is 2.30 bits per heavy atom. The van der Waals surface area contributed by atoms with Crippen molar-refractivity contribution in [3.05, 3.63) is 52.4 Å². The van der Waals surface area contributed by atoms with Crippen molar-refractivity contribution in [1.82, 2.24) is 15.4 Å². The van der Waals surface area contributed by atoms with Gasteiger partial charge in [-0.2, -0.15) is 0 Å². The fourth-order valence-electron chi connectivity index (χ4n) is 3.66. The van der Waals surface area contributed by atoms with E-state index in [9.17, 15) is 9.59 Å². The first kappa shape index (κ1) is 17.7. The van der Waals surface area contributed by atoms with E-state index < -0.39 is 0 Å². The Hall–Kier alpha value is -2.67. The van der Waals surface area contributed by atoms with Crippen LogP contribution in [0.1, 0.15) is 57.5 Å². The lowest BCUT2D eigenvalue weighted by Crippen LogP contribution is -2.33. The predicted molar refractivity (Wildman–Crippen MR) is 97.2 cm³/mol. The number of carbonyl (C=O) groups is 2. The van der Waals surface area contributed by atoms with E-state index in [0.717, 1.165) is 37.1 Å². The standard InChI is InChI=1S/C20H23N3O4/c1-2-14-9-16(27-22-14)10-21-19(24)17-7-3-5-13-11-23(20(25)18(13)17)12-15-6-4-8-26-15/h3,5,7,9,15H,2,4,6,8,10-12H2,1H3,(H,21,24). The molecule has 0 aliphatic carbocycles. The van der Waals surface area contributed by atoms with Crippen molar-refractivity contribution in [2.45, 2.75) is 45.4 Å². The van der Waals surface area contributed by atoms with Gasteiger partial charge in [0, 0.05) is 25.8 Å². The van der Waals surface area contributed by atoms with E-state index >= 15 is 0 Å². The van der Waals surface area contributed by atoms with Crippen LogP contribution in [0.25, 0.3) is 0 Å². The molecule has 7 heteroatoms. The number of aryl methyl sites for hydroxylation is 1. The molecule has 2 amide bonds. The minimum Gasteiger partial charge on any atom is -0.376 e. The Balaban J connectivity index is 1.46. The summed E-state index contributed by atoms with van der Waals surface area (Å²) in [4.78, 5) is 27.3. The minimum atomic E-state index is -0.284. The van der Waals surface area contributed by atoms with Gasteiger partial charge in [0.25, 0.3) is 11.8 Å². The third kappa shape index (κ3) is 3.60. The third-order valence-corrected chi connectivity index (χ3v) is 5.10. The monoisotopic (exact) mass is 369 g/mol. The number of benzene rings is 1. The molecule has 0 spiro atoms. The molecule has 2 aliphatic rings. The van der Waals surface area contributed by atoms with Crippen LogP contribution in [-0.2, 0) is 24.2 Å². The van der Waals surface area contributed by atoms with Crippen molar-refractivity contribution >= 4 is 11.8 Å². The van der Waals surface area contributed by atoms with Crippen LogP contribution in [0.15, 0.2) is 28.8 Å².